The molecule has 0 aliphatic rings. The Kier molecular flexibility index (Phi) is 8.24. The predicted octanol–water partition coefficient (Wildman–Crippen LogP) is 2.17. The van der Waals surface area contributed by atoms with Gasteiger partial charge < -0.3 is 10.8 Å². The van der Waals surface area contributed by atoms with Crippen molar-refractivity contribution in [1.82, 2.24) is 0 Å². The lowest BCUT2D eigenvalue weighted by Crippen LogP contribution is -2.17. The average molecular weight is 199 g/mol. The quantitative estimate of drug-likeness (QED) is 0.442. The number of carboxylic acids is 1. The standard InChI is InChI=1S/C11H21NO2/c1-2-3-4-5-6-7-10(8-9-12)11(13)14/h2,10H,1,3-9,12H2,(H,13,14). The van der Waals surface area contributed by atoms with Crippen LogP contribution in [-0.4, -0.2) is 17.6 Å². The molecule has 3 nitrogen and oxygen atoms in total. The van der Waals surface area contributed by atoms with E-state index in [4.69, 9.17) is 10.8 Å². The van der Waals surface area contributed by atoms with Gasteiger partial charge in [-0.1, -0.05) is 18.9 Å². The molecular weight excluding hydrogens is 178 g/mol. The number of carboxylic acid groups (broad SMARTS) is 1. The van der Waals surface area contributed by atoms with Crippen molar-refractivity contribution in [3.63, 3.8) is 0 Å². The van der Waals surface area contributed by atoms with Crippen LogP contribution in [0.2, 0.25) is 0 Å². The molecule has 3 N–H and O–H groups in total. The summed E-state index contributed by atoms with van der Waals surface area (Å²) in [5.74, 6) is -0.956. The zero-order valence-corrected chi connectivity index (χ0v) is 8.74. The van der Waals surface area contributed by atoms with Crippen molar-refractivity contribution in [1.29, 1.82) is 0 Å². The Morgan fingerprint density at radius 3 is 2.57 bits per heavy atom. The van der Waals surface area contributed by atoms with Gasteiger partial charge in [0.2, 0.25) is 0 Å². The first kappa shape index (κ1) is 13.2. The third kappa shape index (κ3) is 6.66. The third-order valence-electron chi connectivity index (χ3n) is 2.33. The number of aliphatic carboxylic acids is 1. The second-order valence-corrected chi connectivity index (χ2v) is 3.54. The van der Waals surface area contributed by atoms with Crippen LogP contribution < -0.4 is 5.73 Å². The Morgan fingerprint density at radius 2 is 2.07 bits per heavy atom. The van der Waals surface area contributed by atoms with E-state index in [-0.39, 0.29) is 5.92 Å². The highest BCUT2D eigenvalue weighted by Gasteiger charge is 2.15. The number of carbonyl (C=O) groups is 1. The largest absolute Gasteiger partial charge is 0.481 e. The van der Waals surface area contributed by atoms with E-state index in [9.17, 15) is 4.79 Å². The molecule has 82 valence electrons. The van der Waals surface area contributed by atoms with Crippen LogP contribution in [0.25, 0.3) is 0 Å². The van der Waals surface area contributed by atoms with Gasteiger partial charge in [0.05, 0.1) is 5.92 Å². The van der Waals surface area contributed by atoms with Gasteiger partial charge in [0.1, 0.15) is 0 Å². The van der Waals surface area contributed by atoms with Gasteiger partial charge in [0.15, 0.2) is 0 Å². The van der Waals surface area contributed by atoms with Crippen LogP contribution in [0.5, 0.6) is 0 Å². The van der Waals surface area contributed by atoms with E-state index >= 15 is 0 Å². The smallest absolute Gasteiger partial charge is 0.306 e. The zero-order valence-electron chi connectivity index (χ0n) is 8.74. The summed E-state index contributed by atoms with van der Waals surface area (Å²) in [4.78, 5) is 10.7. The maximum absolute atomic E-state index is 10.7. The lowest BCUT2D eigenvalue weighted by molar-refractivity contribution is -0.142. The van der Waals surface area contributed by atoms with Crippen molar-refractivity contribution >= 4 is 5.97 Å². The highest BCUT2D eigenvalue weighted by molar-refractivity contribution is 5.69. The molecule has 0 rings (SSSR count). The summed E-state index contributed by atoms with van der Waals surface area (Å²) in [6, 6.07) is 0. The molecule has 0 spiro atoms. The maximum Gasteiger partial charge on any atom is 0.306 e. The summed E-state index contributed by atoms with van der Waals surface area (Å²) in [6.45, 7) is 4.10. The van der Waals surface area contributed by atoms with Crippen molar-refractivity contribution in [2.24, 2.45) is 11.7 Å². The summed E-state index contributed by atoms with van der Waals surface area (Å²) in [6.07, 6.45) is 7.44. The Hall–Kier alpha value is -0.830. The molecule has 0 aliphatic heterocycles. The Bertz CT molecular complexity index is 169. The fourth-order valence-corrected chi connectivity index (χ4v) is 1.45. The first-order chi connectivity index (χ1) is 6.72. The monoisotopic (exact) mass is 199 g/mol. The molecule has 0 aromatic heterocycles. The molecule has 0 fully saturated rings. The van der Waals surface area contributed by atoms with Gasteiger partial charge >= 0.3 is 5.97 Å². The van der Waals surface area contributed by atoms with Crippen LogP contribution in [0, 0.1) is 5.92 Å². The summed E-state index contributed by atoms with van der Waals surface area (Å²) < 4.78 is 0. The fraction of sp³-hybridized carbons (Fsp3) is 0.727. The zero-order chi connectivity index (χ0) is 10.8. The van der Waals surface area contributed by atoms with E-state index in [0.717, 1.165) is 32.1 Å². The van der Waals surface area contributed by atoms with E-state index in [1.54, 1.807) is 0 Å². The average Bonchev–Trinajstić information content (AvgIpc) is 2.15. The molecule has 0 heterocycles. The molecule has 0 amide bonds. The topological polar surface area (TPSA) is 63.3 Å². The first-order valence-corrected chi connectivity index (χ1v) is 5.26. The molecule has 3 heteroatoms. The summed E-state index contributed by atoms with van der Waals surface area (Å²) in [5.41, 5.74) is 5.34. The second kappa shape index (κ2) is 8.75. The minimum atomic E-state index is -0.709. The first-order valence-electron chi connectivity index (χ1n) is 5.26. The molecule has 1 unspecified atom stereocenters. The van der Waals surface area contributed by atoms with E-state index < -0.39 is 5.97 Å². The van der Waals surface area contributed by atoms with Crippen LogP contribution >= 0.6 is 0 Å². The highest BCUT2D eigenvalue weighted by Crippen LogP contribution is 2.14. The SMILES string of the molecule is C=CCCCCCC(CCN)C(=O)O. The molecule has 14 heavy (non-hydrogen) atoms. The van der Waals surface area contributed by atoms with Crippen LogP contribution in [-0.2, 0) is 4.79 Å². The molecule has 0 saturated heterocycles. The molecule has 0 aromatic rings. The van der Waals surface area contributed by atoms with Crippen LogP contribution in [0.1, 0.15) is 38.5 Å². The number of nitrogens with two attached hydrogens (primary N) is 1. The van der Waals surface area contributed by atoms with Gasteiger partial charge in [0.25, 0.3) is 0 Å². The lowest BCUT2D eigenvalue weighted by Gasteiger charge is -2.09. The van der Waals surface area contributed by atoms with E-state index in [0.29, 0.717) is 13.0 Å². The highest BCUT2D eigenvalue weighted by atomic mass is 16.4. The van der Waals surface area contributed by atoms with Gasteiger partial charge in [-0.2, -0.15) is 0 Å². The Labute approximate surface area is 86.0 Å². The number of rotatable bonds is 9. The number of unbranched alkanes of at least 4 members (excludes halogenated alkanes) is 3. The summed E-state index contributed by atoms with van der Waals surface area (Å²) in [5, 5.41) is 8.84. The van der Waals surface area contributed by atoms with Gasteiger partial charge in [-0.05, 0) is 32.2 Å². The van der Waals surface area contributed by atoms with E-state index in [2.05, 4.69) is 6.58 Å². The Balaban J connectivity index is 3.50. The lowest BCUT2D eigenvalue weighted by atomic mass is 9.98. The Morgan fingerprint density at radius 1 is 1.36 bits per heavy atom. The number of hydrogen-bond acceptors (Lipinski definition) is 2. The molecule has 0 aromatic carbocycles. The number of allylic oxidation sites excluding steroid dienone is 1. The van der Waals surface area contributed by atoms with Crippen molar-refractivity contribution in [3.05, 3.63) is 12.7 Å². The summed E-state index contributed by atoms with van der Waals surface area (Å²) >= 11 is 0. The van der Waals surface area contributed by atoms with Crippen LogP contribution in [0.4, 0.5) is 0 Å². The van der Waals surface area contributed by atoms with Gasteiger partial charge in [-0.3, -0.25) is 4.79 Å². The van der Waals surface area contributed by atoms with Gasteiger partial charge in [-0.25, -0.2) is 0 Å². The molecule has 0 aliphatic carbocycles. The van der Waals surface area contributed by atoms with Crippen LogP contribution in [0.3, 0.4) is 0 Å². The summed E-state index contributed by atoms with van der Waals surface area (Å²) in [7, 11) is 0. The van der Waals surface area contributed by atoms with E-state index in [1.165, 1.54) is 0 Å². The van der Waals surface area contributed by atoms with Crippen LogP contribution in [0.15, 0.2) is 12.7 Å². The minimum absolute atomic E-state index is 0.247. The van der Waals surface area contributed by atoms with E-state index in [1.807, 2.05) is 6.08 Å². The predicted molar refractivity (Wildman–Crippen MR) is 58.1 cm³/mol. The number of hydrogen-bond donors (Lipinski definition) is 2. The molecular formula is C11H21NO2. The molecule has 0 saturated carbocycles. The molecule has 0 bridgehead atoms. The molecule has 0 radical (unpaired) electrons. The van der Waals surface area contributed by atoms with Crippen molar-refractivity contribution in [2.45, 2.75) is 38.5 Å². The van der Waals surface area contributed by atoms with Gasteiger partial charge in [-0.15, -0.1) is 6.58 Å². The van der Waals surface area contributed by atoms with Crippen molar-refractivity contribution < 1.29 is 9.90 Å². The minimum Gasteiger partial charge on any atom is -0.481 e. The normalized spacial score (nSPS) is 12.4. The second-order valence-electron chi connectivity index (χ2n) is 3.54. The van der Waals surface area contributed by atoms with Gasteiger partial charge in [0, 0.05) is 0 Å². The van der Waals surface area contributed by atoms with Crippen molar-refractivity contribution in [2.75, 3.05) is 6.54 Å². The maximum atomic E-state index is 10.7. The van der Waals surface area contributed by atoms with Crippen molar-refractivity contribution in [3.8, 4) is 0 Å². The third-order valence-corrected chi connectivity index (χ3v) is 2.33. The molecule has 1 atom stereocenters. The fourth-order valence-electron chi connectivity index (χ4n) is 1.45.